The van der Waals surface area contributed by atoms with Gasteiger partial charge in [-0.15, -0.1) is 0 Å². The van der Waals surface area contributed by atoms with E-state index in [9.17, 15) is 9.59 Å². The molecular weight excluding hydrogens is 384 g/mol. The molecule has 9 heteroatoms. The summed E-state index contributed by atoms with van der Waals surface area (Å²) in [6, 6.07) is 0.436. The van der Waals surface area contributed by atoms with E-state index in [-0.39, 0.29) is 29.5 Å². The molecule has 2 saturated carbocycles. The molecule has 0 aliphatic heterocycles. The number of nitrogens with two attached hydrogens (primary N) is 1. The van der Waals surface area contributed by atoms with Crippen LogP contribution in [0.25, 0.3) is 0 Å². The Morgan fingerprint density at radius 3 is 2.20 bits per heavy atom. The normalized spacial score (nSPS) is 26.6. The van der Waals surface area contributed by atoms with Gasteiger partial charge < -0.3 is 26.0 Å². The fourth-order valence-corrected chi connectivity index (χ4v) is 4.41. The first-order valence-electron chi connectivity index (χ1n) is 10.8. The molecular formula is C21H34N6O3. The molecule has 2 aliphatic rings. The molecule has 2 amide bonds. The van der Waals surface area contributed by atoms with Crippen LogP contribution >= 0.6 is 0 Å². The summed E-state index contributed by atoms with van der Waals surface area (Å²) in [7, 11) is 5.35. The van der Waals surface area contributed by atoms with Crippen LogP contribution in [0, 0.1) is 5.92 Å². The lowest BCUT2D eigenvalue weighted by atomic mass is 9.85. The van der Waals surface area contributed by atoms with Crippen molar-refractivity contribution < 1.29 is 14.3 Å². The minimum Gasteiger partial charge on any atom is -0.381 e. The summed E-state index contributed by atoms with van der Waals surface area (Å²) in [5, 5.41) is 6.76. The Kier molecular flexibility index (Phi) is 7.47. The highest BCUT2D eigenvalue weighted by atomic mass is 16.5. The van der Waals surface area contributed by atoms with Crippen molar-refractivity contribution in [3.05, 3.63) is 11.8 Å². The number of aromatic nitrogens is 2. The van der Waals surface area contributed by atoms with E-state index in [1.165, 1.54) is 6.20 Å². The van der Waals surface area contributed by atoms with Crippen LogP contribution in [0.3, 0.4) is 0 Å². The molecule has 9 nitrogen and oxygen atoms in total. The number of hydrogen-bond acceptors (Lipinski definition) is 7. The van der Waals surface area contributed by atoms with Gasteiger partial charge >= 0.3 is 0 Å². The summed E-state index contributed by atoms with van der Waals surface area (Å²) >= 11 is 0. The molecule has 3 rings (SSSR count). The molecule has 0 saturated heterocycles. The van der Waals surface area contributed by atoms with Crippen LogP contribution in [-0.2, 0) is 9.53 Å². The number of primary amides is 1. The summed E-state index contributed by atoms with van der Waals surface area (Å²) < 4.78 is 5.43. The van der Waals surface area contributed by atoms with Gasteiger partial charge in [0.15, 0.2) is 0 Å². The second-order valence-corrected chi connectivity index (χ2v) is 8.60. The molecule has 1 aromatic heterocycles. The SMILES string of the molecule is CO[C@H]1CC[C@H](Nc2ncc(C(N)=O)c(N[C@H]3CC[C@H](C(=O)N(C)C)CC3)n2)CC1. The van der Waals surface area contributed by atoms with Gasteiger partial charge in [0.05, 0.1) is 11.7 Å². The zero-order valence-electron chi connectivity index (χ0n) is 18.2. The summed E-state index contributed by atoms with van der Waals surface area (Å²) in [5.74, 6) is 0.662. The number of nitrogens with one attached hydrogen (secondary N) is 2. The molecule has 0 bridgehead atoms. The number of carbonyl (C=O) groups is 2. The van der Waals surface area contributed by atoms with E-state index in [4.69, 9.17) is 10.5 Å². The minimum absolute atomic E-state index is 0.0681. The van der Waals surface area contributed by atoms with E-state index in [2.05, 4.69) is 20.6 Å². The van der Waals surface area contributed by atoms with Gasteiger partial charge in [0.2, 0.25) is 11.9 Å². The lowest BCUT2D eigenvalue weighted by Crippen LogP contribution is -2.35. The average molecular weight is 419 g/mol. The monoisotopic (exact) mass is 418 g/mol. The van der Waals surface area contributed by atoms with Crippen molar-refractivity contribution in [1.29, 1.82) is 0 Å². The van der Waals surface area contributed by atoms with Crippen LogP contribution in [0.1, 0.15) is 61.7 Å². The maximum Gasteiger partial charge on any atom is 0.254 e. The van der Waals surface area contributed by atoms with Crippen LogP contribution in [-0.4, -0.2) is 66.1 Å². The van der Waals surface area contributed by atoms with E-state index < -0.39 is 5.91 Å². The van der Waals surface area contributed by atoms with Gasteiger partial charge in [-0.05, 0) is 51.4 Å². The van der Waals surface area contributed by atoms with E-state index in [1.54, 1.807) is 26.1 Å². The standard InChI is InChI=1S/C21H34N6O3/c1-27(2)20(29)13-4-6-14(7-5-13)24-19-17(18(22)28)12-23-21(26-19)25-15-8-10-16(30-3)11-9-15/h12-16H,4-11H2,1-3H3,(H2,22,28)(H2,23,24,25,26)/t13-,14-,15-,16-. The third kappa shape index (κ3) is 5.59. The molecule has 1 aromatic rings. The highest BCUT2D eigenvalue weighted by Gasteiger charge is 2.28. The highest BCUT2D eigenvalue weighted by Crippen LogP contribution is 2.29. The van der Waals surface area contributed by atoms with Crippen molar-refractivity contribution in [2.45, 2.75) is 69.6 Å². The fraction of sp³-hybridized carbons (Fsp3) is 0.714. The van der Waals surface area contributed by atoms with E-state index >= 15 is 0 Å². The first kappa shape index (κ1) is 22.3. The number of hydrogen-bond donors (Lipinski definition) is 3. The summed E-state index contributed by atoms with van der Waals surface area (Å²) in [4.78, 5) is 34.6. The Bertz CT molecular complexity index is 740. The smallest absolute Gasteiger partial charge is 0.254 e. The number of rotatable bonds is 7. The molecule has 0 aromatic carbocycles. The van der Waals surface area contributed by atoms with Crippen LogP contribution in [0.5, 0.6) is 0 Å². The van der Waals surface area contributed by atoms with Crippen LogP contribution < -0.4 is 16.4 Å². The Morgan fingerprint density at radius 1 is 1.03 bits per heavy atom. The Morgan fingerprint density at radius 2 is 1.63 bits per heavy atom. The molecule has 0 unspecified atom stereocenters. The molecule has 0 atom stereocenters. The van der Waals surface area contributed by atoms with Crippen LogP contribution in [0.15, 0.2) is 6.20 Å². The topological polar surface area (TPSA) is 122 Å². The molecule has 2 fully saturated rings. The van der Waals surface area contributed by atoms with Crippen LogP contribution in [0.4, 0.5) is 11.8 Å². The largest absolute Gasteiger partial charge is 0.381 e. The number of anilines is 2. The van der Waals surface area contributed by atoms with Gasteiger partial charge in [0.1, 0.15) is 5.82 Å². The average Bonchev–Trinajstić information content (AvgIpc) is 2.74. The van der Waals surface area contributed by atoms with E-state index in [0.717, 1.165) is 51.4 Å². The van der Waals surface area contributed by atoms with Crippen molar-refractivity contribution in [3.63, 3.8) is 0 Å². The van der Waals surface area contributed by atoms with Gasteiger partial charge in [0.25, 0.3) is 5.91 Å². The van der Waals surface area contributed by atoms with Crippen molar-refractivity contribution in [1.82, 2.24) is 14.9 Å². The zero-order valence-corrected chi connectivity index (χ0v) is 18.2. The summed E-state index contributed by atoms with van der Waals surface area (Å²) in [6.07, 6.45) is 9.14. The van der Waals surface area contributed by atoms with Gasteiger partial charge in [-0.2, -0.15) is 4.98 Å². The molecule has 166 valence electrons. The lowest BCUT2D eigenvalue weighted by molar-refractivity contribution is -0.133. The number of nitrogens with zero attached hydrogens (tertiary/aromatic N) is 3. The van der Waals surface area contributed by atoms with Gasteiger partial charge in [0, 0.05) is 45.4 Å². The predicted molar refractivity (Wildman–Crippen MR) is 115 cm³/mol. The first-order valence-corrected chi connectivity index (χ1v) is 10.8. The summed E-state index contributed by atoms with van der Waals surface area (Å²) in [5.41, 5.74) is 5.82. The van der Waals surface area contributed by atoms with Gasteiger partial charge in [-0.1, -0.05) is 0 Å². The quantitative estimate of drug-likeness (QED) is 0.619. The Balaban J connectivity index is 1.63. The lowest BCUT2D eigenvalue weighted by Gasteiger charge is -2.31. The third-order valence-electron chi connectivity index (χ3n) is 6.25. The van der Waals surface area contributed by atoms with E-state index in [0.29, 0.717) is 17.9 Å². The molecule has 4 N–H and O–H groups in total. The Labute approximate surface area is 178 Å². The predicted octanol–water partition coefficient (Wildman–Crippen LogP) is 2.00. The maximum absolute atomic E-state index is 12.2. The number of methoxy groups -OCH3 is 1. The second-order valence-electron chi connectivity index (χ2n) is 8.60. The minimum atomic E-state index is -0.555. The van der Waals surface area contributed by atoms with Crippen molar-refractivity contribution >= 4 is 23.6 Å². The van der Waals surface area contributed by atoms with Crippen molar-refractivity contribution in [2.75, 3.05) is 31.8 Å². The molecule has 2 aliphatic carbocycles. The van der Waals surface area contributed by atoms with Crippen molar-refractivity contribution in [3.8, 4) is 0 Å². The summed E-state index contributed by atoms with van der Waals surface area (Å²) in [6.45, 7) is 0. The van der Waals surface area contributed by atoms with Gasteiger partial charge in [-0.3, -0.25) is 9.59 Å². The molecule has 1 heterocycles. The second kappa shape index (κ2) is 10.1. The molecule has 30 heavy (non-hydrogen) atoms. The zero-order chi connectivity index (χ0) is 21.7. The van der Waals surface area contributed by atoms with E-state index in [1.807, 2.05) is 0 Å². The first-order chi connectivity index (χ1) is 14.4. The Hall–Kier alpha value is -2.42. The fourth-order valence-electron chi connectivity index (χ4n) is 4.41. The number of ether oxygens (including phenoxy) is 1. The molecule has 0 radical (unpaired) electrons. The highest BCUT2D eigenvalue weighted by molar-refractivity contribution is 5.97. The number of amides is 2. The van der Waals surface area contributed by atoms with Gasteiger partial charge in [-0.25, -0.2) is 4.98 Å². The third-order valence-corrected chi connectivity index (χ3v) is 6.25. The maximum atomic E-state index is 12.2. The molecule has 0 spiro atoms. The van der Waals surface area contributed by atoms with Crippen LogP contribution in [0.2, 0.25) is 0 Å². The number of carbonyl (C=O) groups excluding carboxylic acids is 2. The van der Waals surface area contributed by atoms with Crippen molar-refractivity contribution in [2.24, 2.45) is 11.7 Å².